The molecule has 2 heterocycles. The standard InChI is InChI=1S/C27H28F4N2O3S/c1-36-18-5-6-24-20(13-18)19(23(30)14-32-24)4-2-3-16-7-8-33(15-21(16)27(34)35)9-10-37-25-12-17(28)11-22(29)26(25)31/h5-6,11-14,16,21H,2-4,7-10,15H2,1H3,(H,34,35)/t16-,21+/m0/s1. The maximum absolute atomic E-state index is 14.6. The van der Waals surface area contributed by atoms with Crippen molar-refractivity contribution in [3.8, 4) is 5.75 Å². The van der Waals surface area contributed by atoms with Crippen LogP contribution in [-0.4, -0.2) is 53.5 Å². The monoisotopic (exact) mass is 536 g/mol. The van der Waals surface area contributed by atoms with Crippen molar-refractivity contribution in [3.05, 3.63) is 65.4 Å². The number of carboxylic acid groups (broad SMARTS) is 1. The molecule has 0 spiro atoms. The van der Waals surface area contributed by atoms with E-state index in [1.165, 1.54) is 6.20 Å². The van der Waals surface area contributed by atoms with Gasteiger partial charge < -0.3 is 14.7 Å². The molecule has 0 saturated carbocycles. The first kappa shape index (κ1) is 27.2. The Balaban J connectivity index is 1.33. The van der Waals surface area contributed by atoms with Gasteiger partial charge in [-0.25, -0.2) is 17.6 Å². The Morgan fingerprint density at radius 1 is 1.19 bits per heavy atom. The molecule has 1 aromatic heterocycles. The highest BCUT2D eigenvalue weighted by atomic mass is 32.2. The molecule has 0 bridgehead atoms. The van der Waals surface area contributed by atoms with Gasteiger partial charge in [0.05, 0.1) is 24.7 Å². The lowest BCUT2D eigenvalue weighted by atomic mass is 9.81. The highest BCUT2D eigenvalue weighted by Crippen LogP contribution is 2.32. The van der Waals surface area contributed by atoms with Crippen LogP contribution in [0.1, 0.15) is 24.8 Å². The van der Waals surface area contributed by atoms with Crippen LogP contribution in [0.4, 0.5) is 17.6 Å². The summed E-state index contributed by atoms with van der Waals surface area (Å²) in [6, 6.07) is 6.78. The summed E-state index contributed by atoms with van der Waals surface area (Å²) in [5.74, 6) is -4.08. The first-order valence-corrected chi connectivity index (χ1v) is 13.1. The molecule has 0 unspecified atom stereocenters. The molecule has 0 aliphatic carbocycles. The number of halogens is 4. The normalized spacial score (nSPS) is 18.3. The Labute approximate surface area is 216 Å². The number of ether oxygens (including phenoxy) is 1. The van der Waals surface area contributed by atoms with E-state index < -0.39 is 35.2 Å². The van der Waals surface area contributed by atoms with Gasteiger partial charge >= 0.3 is 5.97 Å². The van der Waals surface area contributed by atoms with E-state index in [1.54, 1.807) is 25.3 Å². The first-order chi connectivity index (χ1) is 17.8. The number of hydrogen-bond acceptors (Lipinski definition) is 5. The Bertz CT molecular complexity index is 1280. The Kier molecular flexibility index (Phi) is 8.91. The fourth-order valence-corrected chi connectivity index (χ4v) is 5.93. The second-order valence-corrected chi connectivity index (χ2v) is 10.3. The maximum atomic E-state index is 14.6. The van der Waals surface area contributed by atoms with E-state index in [0.717, 1.165) is 17.8 Å². The minimum absolute atomic E-state index is 0.0538. The van der Waals surface area contributed by atoms with Crippen LogP contribution in [0, 0.1) is 35.1 Å². The lowest BCUT2D eigenvalue weighted by Crippen LogP contribution is -2.44. The SMILES string of the molecule is COc1ccc2ncc(F)c(CCC[C@H]3CCN(CCSc4cc(F)cc(F)c4F)C[C@H]3C(=O)O)c2c1. The van der Waals surface area contributed by atoms with Crippen LogP contribution in [0.3, 0.4) is 0 Å². The molecule has 1 aliphatic heterocycles. The minimum Gasteiger partial charge on any atom is -0.497 e. The van der Waals surface area contributed by atoms with E-state index in [-0.39, 0.29) is 10.8 Å². The van der Waals surface area contributed by atoms with Gasteiger partial charge in [-0.15, -0.1) is 11.8 Å². The molecule has 5 nitrogen and oxygen atoms in total. The van der Waals surface area contributed by atoms with Crippen molar-refractivity contribution in [1.29, 1.82) is 0 Å². The molecule has 0 radical (unpaired) electrons. The molecule has 1 N–H and O–H groups in total. The van der Waals surface area contributed by atoms with Crippen LogP contribution >= 0.6 is 11.8 Å². The number of methoxy groups -OCH3 is 1. The minimum atomic E-state index is -1.23. The lowest BCUT2D eigenvalue weighted by Gasteiger charge is -2.36. The number of nitrogens with zero attached hydrogens (tertiary/aromatic N) is 2. The van der Waals surface area contributed by atoms with Gasteiger partial charge in [-0.1, -0.05) is 0 Å². The van der Waals surface area contributed by atoms with E-state index in [0.29, 0.717) is 79.4 Å². The summed E-state index contributed by atoms with van der Waals surface area (Å²) in [5, 5.41) is 10.5. The number of rotatable bonds is 10. The van der Waals surface area contributed by atoms with Crippen molar-refractivity contribution in [2.75, 3.05) is 32.5 Å². The zero-order valence-electron chi connectivity index (χ0n) is 20.4. The Morgan fingerprint density at radius 2 is 2.00 bits per heavy atom. The molecule has 1 fully saturated rings. The number of aliphatic carboxylic acids is 1. The molecule has 37 heavy (non-hydrogen) atoms. The second-order valence-electron chi connectivity index (χ2n) is 9.20. The lowest BCUT2D eigenvalue weighted by molar-refractivity contribution is -0.146. The predicted octanol–water partition coefficient (Wildman–Crippen LogP) is 5.94. The van der Waals surface area contributed by atoms with Crippen molar-refractivity contribution in [2.24, 2.45) is 11.8 Å². The Hall–Kier alpha value is -2.85. The predicted molar refractivity (Wildman–Crippen MR) is 134 cm³/mol. The third-order valence-corrected chi connectivity index (χ3v) is 7.91. The fraction of sp³-hybridized carbons (Fsp3) is 0.407. The van der Waals surface area contributed by atoms with Crippen molar-refractivity contribution in [3.63, 3.8) is 0 Å². The van der Waals surface area contributed by atoms with E-state index in [2.05, 4.69) is 4.98 Å². The quantitative estimate of drug-likeness (QED) is 0.197. The number of fused-ring (bicyclic) bond motifs is 1. The first-order valence-electron chi connectivity index (χ1n) is 12.1. The molecular weight excluding hydrogens is 508 g/mol. The summed E-state index contributed by atoms with van der Waals surface area (Å²) >= 11 is 1.00. The van der Waals surface area contributed by atoms with Crippen LogP contribution in [-0.2, 0) is 11.2 Å². The van der Waals surface area contributed by atoms with Gasteiger partial charge in [0, 0.05) is 35.2 Å². The summed E-state index contributed by atoms with van der Waals surface area (Å²) in [4.78, 5) is 18.0. The number of benzene rings is 2. The number of likely N-dealkylation sites (tertiary alicyclic amines) is 1. The van der Waals surface area contributed by atoms with Crippen molar-refractivity contribution >= 4 is 28.6 Å². The summed E-state index contributed by atoms with van der Waals surface area (Å²) in [6.45, 7) is 1.47. The third kappa shape index (κ3) is 6.54. The molecule has 1 saturated heterocycles. The van der Waals surface area contributed by atoms with E-state index in [1.807, 2.05) is 4.90 Å². The smallest absolute Gasteiger partial charge is 0.308 e. The van der Waals surface area contributed by atoms with Gasteiger partial charge in [0.2, 0.25) is 0 Å². The number of aryl methyl sites for hydroxylation is 1. The van der Waals surface area contributed by atoms with Crippen LogP contribution in [0.15, 0.2) is 41.4 Å². The van der Waals surface area contributed by atoms with Crippen molar-refractivity contribution in [2.45, 2.75) is 30.6 Å². The van der Waals surface area contributed by atoms with Gasteiger partial charge in [0.15, 0.2) is 11.6 Å². The van der Waals surface area contributed by atoms with Crippen LogP contribution < -0.4 is 4.74 Å². The zero-order valence-corrected chi connectivity index (χ0v) is 21.2. The molecule has 1 aliphatic rings. The van der Waals surface area contributed by atoms with E-state index in [4.69, 9.17) is 4.74 Å². The maximum Gasteiger partial charge on any atom is 0.308 e. The molecule has 2 atom stereocenters. The van der Waals surface area contributed by atoms with Gasteiger partial charge in [0.1, 0.15) is 17.4 Å². The number of carboxylic acids is 1. The van der Waals surface area contributed by atoms with Crippen LogP contribution in [0.5, 0.6) is 5.75 Å². The number of hydrogen-bond donors (Lipinski definition) is 1. The van der Waals surface area contributed by atoms with Crippen molar-refractivity contribution in [1.82, 2.24) is 9.88 Å². The highest BCUT2D eigenvalue weighted by Gasteiger charge is 2.33. The molecule has 4 rings (SSSR count). The highest BCUT2D eigenvalue weighted by molar-refractivity contribution is 7.99. The van der Waals surface area contributed by atoms with Gasteiger partial charge in [0.25, 0.3) is 0 Å². The largest absolute Gasteiger partial charge is 0.497 e. The van der Waals surface area contributed by atoms with Crippen LogP contribution in [0.2, 0.25) is 0 Å². The summed E-state index contributed by atoms with van der Waals surface area (Å²) in [5.41, 5.74) is 1.22. The molecule has 10 heteroatoms. The Morgan fingerprint density at radius 3 is 2.76 bits per heavy atom. The summed E-state index contributed by atoms with van der Waals surface area (Å²) in [7, 11) is 1.55. The second kappa shape index (κ2) is 12.1. The number of pyridine rings is 1. The molecule has 3 aromatic rings. The molecular formula is C27H28F4N2O3S. The van der Waals surface area contributed by atoms with E-state index >= 15 is 0 Å². The van der Waals surface area contributed by atoms with Crippen molar-refractivity contribution < 1.29 is 32.2 Å². The summed E-state index contributed by atoms with van der Waals surface area (Å²) < 4.78 is 60.6. The number of piperidine rings is 1. The number of carbonyl (C=O) groups is 1. The third-order valence-electron chi connectivity index (χ3n) is 6.92. The number of aromatic nitrogens is 1. The average molecular weight is 537 g/mol. The average Bonchev–Trinajstić information content (AvgIpc) is 2.88. The van der Waals surface area contributed by atoms with Gasteiger partial charge in [-0.05, 0) is 68.0 Å². The van der Waals surface area contributed by atoms with Gasteiger partial charge in [-0.2, -0.15) is 0 Å². The number of thioether (sulfide) groups is 1. The zero-order chi connectivity index (χ0) is 26.5. The van der Waals surface area contributed by atoms with Crippen LogP contribution in [0.25, 0.3) is 10.9 Å². The fourth-order valence-electron chi connectivity index (χ4n) is 4.94. The molecule has 198 valence electrons. The van der Waals surface area contributed by atoms with E-state index in [9.17, 15) is 27.5 Å². The van der Waals surface area contributed by atoms with Gasteiger partial charge in [-0.3, -0.25) is 9.78 Å². The molecule has 0 amide bonds. The summed E-state index contributed by atoms with van der Waals surface area (Å²) in [6.07, 6.45) is 3.60. The topological polar surface area (TPSA) is 62.7 Å². The molecule has 2 aromatic carbocycles.